The molecular formula is C13H17N3O3. The van der Waals surface area contributed by atoms with E-state index in [0.717, 1.165) is 0 Å². The molecule has 0 aliphatic heterocycles. The summed E-state index contributed by atoms with van der Waals surface area (Å²) in [6.45, 7) is 7.21. The van der Waals surface area contributed by atoms with E-state index in [2.05, 4.69) is 15.0 Å². The van der Waals surface area contributed by atoms with Crippen molar-refractivity contribution in [2.45, 2.75) is 33.3 Å². The smallest absolute Gasteiger partial charge is 0.355 e. The quantitative estimate of drug-likeness (QED) is 0.841. The van der Waals surface area contributed by atoms with Crippen molar-refractivity contribution in [1.29, 1.82) is 0 Å². The molecule has 19 heavy (non-hydrogen) atoms. The summed E-state index contributed by atoms with van der Waals surface area (Å²) in [4.78, 5) is 23.3. The zero-order chi connectivity index (χ0) is 14.2. The standard InChI is InChI=1S/C13H17N3O3/c1-7-14-10-8(11(15-7)18-5)6-9(16-10)12(17)19-13(2,3)4/h6H,1-5H3,(H,14,15,16). The highest BCUT2D eigenvalue weighted by atomic mass is 16.6. The van der Waals surface area contributed by atoms with Crippen LogP contribution in [0.1, 0.15) is 37.1 Å². The fourth-order valence-corrected chi connectivity index (χ4v) is 1.69. The molecular weight excluding hydrogens is 246 g/mol. The van der Waals surface area contributed by atoms with Crippen LogP contribution in [-0.4, -0.2) is 33.6 Å². The highest BCUT2D eigenvalue weighted by molar-refractivity contribution is 5.95. The summed E-state index contributed by atoms with van der Waals surface area (Å²) >= 11 is 0. The molecule has 0 saturated heterocycles. The fraction of sp³-hybridized carbons (Fsp3) is 0.462. The average Bonchev–Trinajstić information content (AvgIpc) is 2.69. The molecule has 1 N–H and O–H groups in total. The largest absolute Gasteiger partial charge is 0.480 e. The normalized spacial score (nSPS) is 11.6. The number of nitrogens with zero attached hydrogens (tertiary/aromatic N) is 2. The van der Waals surface area contributed by atoms with Crippen LogP contribution in [0.25, 0.3) is 11.0 Å². The summed E-state index contributed by atoms with van der Waals surface area (Å²) < 4.78 is 10.5. The molecule has 6 heteroatoms. The zero-order valence-electron chi connectivity index (χ0n) is 11.7. The second-order valence-electron chi connectivity index (χ2n) is 5.23. The van der Waals surface area contributed by atoms with Crippen LogP contribution in [-0.2, 0) is 4.74 Å². The summed E-state index contributed by atoms with van der Waals surface area (Å²) in [7, 11) is 1.53. The number of hydrogen-bond donors (Lipinski definition) is 1. The van der Waals surface area contributed by atoms with E-state index in [-0.39, 0.29) is 0 Å². The number of nitrogens with one attached hydrogen (secondary N) is 1. The van der Waals surface area contributed by atoms with Gasteiger partial charge in [0.15, 0.2) is 0 Å². The van der Waals surface area contributed by atoms with Crippen LogP contribution in [0.15, 0.2) is 6.07 Å². The molecule has 0 radical (unpaired) electrons. The summed E-state index contributed by atoms with van der Waals surface area (Å²) in [6.07, 6.45) is 0. The summed E-state index contributed by atoms with van der Waals surface area (Å²) in [5.41, 5.74) is 0.355. The number of aromatic nitrogens is 3. The van der Waals surface area contributed by atoms with Crippen molar-refractivity contribution >= 4 is 17.0 Å². The molecule has 0 fully saturated rings. The number of carbonyl (C=O) groups is 1. The van der Waals surface area contributed by atoms with Crippen LogP contribution in [0.4, 0.5) is 0 Å². The van der Waals surface area contributed by atoms with Crippen molar-refractivity contribution in [3.63, 3.8) is 0 Å². The van der Waals surface area contributed by atoms with E-state index >= 15 is 0 Å². The van der Waals surface area contributed by atoms with E-state index in [9.17, 15) is 4.79 Å². The second kappa shape index (κ2) is 4.53. The number of hydrogen-bond acceptors (Lipinski definition) is 5. The van der Waals surface area contributed by atoms with E-state index in [4.69, 9.17) is 9.47 Å². The third kappa shape index (κ3) is 2.83. The Bertz CT molecular complexity index is 626. The summed E-state index contributed by atoms with van der Waals surface area (Å²) in [5, 5.41) is 0.661. The molecule has 0 amide bonds. The lowest BCUT2D eigenvalue weighted by molar-refractivity contribution is 0.00638. The van der Waals surface area contributed by atoms with E-state index < -0.39 is 11.6 Å². The Morgan fingerprint density at radius 1 is 1.32 bits per heavy atom. The van der Waals surface area contributed by atoms with E-state index in [1.165, 1.54) is 7.11 Å². The molecule has 0 unspecified atom stereocenters. The number of aryl methyl sites for hydroxylation is 1. The molecule has 0 aliphatic carbocycles. The zero-order valence-corrected chi connectivity index (χ0v) is 11.7. The van der Waals surface area contributed by atoms with Gasteiger partial charge in [-0.3, -0.25) is 0 Å². The van der Waals surface area contributed by atoms with E-state index in [1.807, 2.05) is 20.8 Å². The minimum absolute atomic E-state index is 0.336. The van der Waals surface area contributed by atoms with Crippen molar-refractivity contribution in [3.8, 4) is 5.88 Å². The maximum absolute atomic E-state index is 12.0. The predicted octanol–water partition coefficient (Wildman–Crippen LogP) is 2.23. The van der Waals surface area contributed by atoms with Crippen LogP contribution in [0, 0.1) is 6.92 Å². The second-order valence-corrected chi connectivity index (χ2v) is 5.23. The average molecular weight is 263 g/mol. The van der Waals surface area contributed by atoms with Gasteiger partial charge in [-0.05, 0) is 33.8 Å². The first-order valence-electron chi connectivity index (χ1n) is 5.95. The highest BCUT2D eigenvalue weighted by Crippen LogP contribution is 2.24. The number of carbonyl (C=O) groups excluding carboxylic acids is 1. The van der Waals surface area contributed by atoms with Gasteiger partial charge in [0, 0.05) is 0 Å². The van der Waals surface area contributed by atoms with Gasteiger partial charge in [-0.25, -0.2) is 9.78 Å². The third-order valence-electron chi connectivity index (χ3n) is 2.38. The van der Waals surface area contributed by atoms with Crippen molar-refractivity contribution in [2.75, 3.05) is 7.11 Å². The SMILES string of the molecule is COc1nc(C)nc2[nH]c(C(=O)OC(C)(C)C)cc12. The first kappa shape index (κ1) is 13.3. The Morgan fingerprint density at radius 3 is 2.58 bits per heavy atom. The molecule has 0 spiro atoms. The van der Waals surface area contributed by atoms with Crippen molar-refractivity contribution in [2.24, 2.45) is 0 Å². The number of esters is 1. The Hall–Kier alpha value is -2.11. The molecule has 2 aromatic rings. The van der Waals surface area contributed by atoms with Crippen molar-refractivity contribution in [1.82, 2.24) is 15.0 Å². The van der Waals surface area contributed by atoms with Gasteiger partial charge >= 0.3 is 5.97 Å². The lowest BCUT2D eigenvalue weighted by Crippen LogP contribution is -2.24. The van der Waals surface area contributed by atoms with Gasteiger partial charge in [0.1, 0.15) is 22.8 Å². The lowest BCUT2D eigenvalue weighted by atomic mass is 10.2. The van der Waals surface area contributed by atoms with Gasteiger partial charge in [-0.2, -0.15) is 4.98 Å². The fourth-order valence-electron chi connectivity index (χ4n) is 1.69. The molecule has 0 saturated carbocycles. The van der Waals surface area contributed by atoms with Gasteiger partial charge in [0.25, 0.3) is 0 Å². The van der Waals surface area contributed by atoms with Gasteiger partial charge in [0.2, 0.25) is 5.88 Å². The van der Waals surface area contributed by atoms with Crippen molar-refractivity contribution < 1.29 is 14.3 Å². The van der Waals surface area contributed by atoms with Gasteiger partial charge < -0.3 is 14.5 Å². The molecule has 2 rings (SSSR count). The number of aromatic amines is 1. The van der Waals surface area contributed by atoms with Crippen LogP contribution < -0.4 is 4.74 Å². The maximum Gasteiger partial charge on any atom is 0.355 e. The third-order valence-corrected chi connectivity index (χ3v) is 2.38. The van der Waals surface area contributed by atoms with Crippen LogP contribution >= 0.6 is 0 Å². The van der Waals surface area contributed by atoms with E-state index in [1.54, 1.807) is 13.0 Å². The lowest BCUT2D eigenvalue weighted by Gasteiger charge is -2.18. The van der Waals surface area contributed by atoms with Crippen LogP contribution in [0.3, 0.4) is 0 Å². The maximum atomic E-state index is 12.0. The molecule has 6 nitrogen and oxygen atoms in total. The van der Waals surface area contributed by atoms with Crippen LogP contribution in [0.2, 0.25) is 0 Å². The number of rotatable bonds is 2. The Morgan fingerprint density at radius 2 is 2.00 bits per heavy atom. The molecule has 2 aromatic heterocycles. The summed E-state index contributed by atoms with van der Waals surface area (Å²) in [6, 6.07) is 1.64. The Kier molecular flexibility index (Phi) is 3.18. The molecule has 0 bridgehead atoms. The molecule has 2 heterocycles. The molecule has 0 aliphatic rings. The van der Waals surface area contributed by atoms with Crippen molar-refractivity contribution in [3.05, 3.63) is 17.6 Å². The van der Waals surface area contributed by atoms with E-state index in [0.29, 0.717) is 28.4 Å². The monoisotopic (exact) mass is 263 g/mol. The number of H-pyrrole nitrogens is 1. The van der Waals surface area contributed by atoms with Gasteiger partial charge in [-0.15, -0.1) is 0 Å². The Balaban J connectivity index is 2.44. The van der Waals surface area contributed by atoms with Crippen LogP contribution in [0.5, 0.6) is 5.88 Å². The number of ether oxygens (including phenoxy) is 2. The first-order chi connectivity index (χ1) is 8.80. The molecule has 0 atom stereocenters. The first-order valence-corrected chi connectivity index (χ1v) is 5.95. The highest BCUT2D eigenvalue weighted by Gasteiger charge is 2.21. The van der Waals surface area contributed by atoms with Gasteiger partial charge in [0.05, 0.1) is 12.5 Å². The summed E-state index contributed by atoms with van der Waals surface area (Å²) in [5.74, 6) is 0.584. The minimum atomic E-state index is -0.542. The minimum Gasteiger partial charge on any atom is -0.480 e. The number of methoxy groups -OCH3 is 1. The number of fused-ring (bicyclic) bond motifs is 1. The molecule has 102 valence electrons. The topological polar surface area (TPSA) is 77.1 Å². The van der Waals surface area contributed by atoms with Gasteiger partial charge in [-0.1, -0.05) is 0 Å². The Labute approximate surface area is 111 Å². The predicted molar refractivity (Wildman–Crippen MR) is 70.3 cm³/mol. The molecule has 0 aromatic carbocycles.